The molecule has 0 spiro atoms. The van der Waals surface area contributed by atoms with E-state index in [2.05, 4.69) is 15.6 Å². The Bertz CT molecular complexity index is 613. The van der Waals surface area contributed by atoms with E-state index in [0.29, 0.717) is 12.4 Å². The summed E-state index contributed by atoms with van der Waals surface area (Å²) < 4.78 is 31.2. The Morgan fingerprint density at radius 3 is 2.85 bits per heavy atom. The van der Waals surface area contributed by atoms with Gasteiger partial charge in [0.05, 0.1) is 6.54 Å². The number of nitrogens with one attached hydrogen (secondary N) is 2. The first-order valence-electron chi connectivity index (χ1n) is 5.91. The molecule has 1 heterocycles. The van der Waals surface area contributed by atoms with Gasteiger partial charge in [-0.2, -0.15) is 0 Å². The summed E-state index contributed by atoms with van der Waals surface area (Å²) in [6, 6.07) is 3.18. The zero-order valence-electron chi connectivity index (χ0n) is 10.7. The van der Waals surface area contributed by atoms with Crippen molar-refractivity contribution in [3.05, 3.63) is 53.2 Å². The number of rotatable bonds is 5. The van der Waals surface area contributed by atoms with Gasteiger partial charge in [-0.3, -0.25) is 4.79 Å². The minimum atomic E-state index is -0.707. The molecule has 0 radical (unpaired) electrons. The van der Waals surface area contributed by atoms with Crippen LogP contribution in [-0.4, -0.2) is 17.9 Å². The van der Waals surface area contributed by atoms with E-state index in [4.69, 9.17) is 4.42 Å². The van der Waals surface area contributed by atoms with Crippen molar-refractivity contribution in [2.45, 2.75) is 13.1 Å². The standard InChI is InChI=1S/C13H13F2N3O2/c1-16-6-12-18-11(7-20-12)13(19)17-5-8-2-3-9(14)4-10(8)15/h2-4,7,16H,5-6H2,1H3,(H,17,19). The smallest absolute Gasteiger partial charge is 0.273 e. The average molecular weight is 281 g/mol. The second-order valence-electron chi connectivity index (χ2n) is 4.08. The lowest BCUT2D eigenvalue weighted by Gasteiger charge is -2.04. The second-order valence-corrected chi connectivity index (χ2v) is 4.08. The largest absolute Gasteiger partial charge is 0.447 e. The van der Waals surface area contributed by atoms with Crippen LogP contribution < -0.4 is 10.6 Å². The average Bonchev–Trinajstić information content (AvgIpc) is 2.86. The van der Waals surface area contributed by atoms with Crippen molar-refractivity contribution in [1.82, 2.24) is 15.6 Å². The Kier molecular flexibility index (Phi) is 4.41. The quantitative estimate of drug-likeness (QED) is 0.873. The Hall–Kier alpha value is -2.28. The fraction of sp³-hybridized carbons (Fsp3) is 0.231. The number of hydrogen-bond donors (Lipinski definition) is 2. The third kappa shape index (κ3) is 3.39. The molecule has 1 aromatic carbocycles. The molecule has 0 atom stereocenters. The number of hydrogen-bond acceptors (Lipinski definition) is 4. The summed E-state index contributed by atoms with van der Waals surface area (Å²) in [6.07, 6.45) is 1.23. The van der Waals surface area contributed by atoms with Crippen LogP contribution in [0.15, 0.2) is 28.9 Å². The van der Waals surface area contributed by atoms with Crippen LogP contribution in [0.4, 0.5) is 8.78 Å². The van der Waals surface area contributed by atoms with Crippen molar-refractivity contribution >= 4 is 5.91 Å². The van der Waals surface area contributed by atoms with Gasteiger partial charge in [-0.1, -0.05) is 6.07 Å². The van der Waals surface area contributed by atoms with Crippen molar-refractivity contribution in [1.29, 1.82) is 0 Å². The molecular formula is C13H13F2N3O2. The molecular weight excluding hydrogens is 268 g/mol. The first-order valence-corrected chi connectivity index (χ1v) is 5.91. The lowest BCUT2D eigenvalue weighted by atomic mass is 10.2. The van der Waals surface area contributed by atoms with Crippen molar-refractivity contribution in [2.75, 3.05) is 7.05 Å². The topological polar surface area (TPSA) is 67.2 Å². The molecule has 0 aliphatic rings. The van der Waals surface area contributed by atoms with Crippen LogP contribution in [0.3, 0.4) is 0 Å². The van der Waals surface area contributed by atoms with Gasteiger partial charge in [-0.05, 0) is 13.1 Å². The van der Waals surface area contributed by atoms with E-state index in [-0.39, 0.29) is 17.8 Å². The monoisotopic (exact) mass is 281 g/mol. The SMILES string of the molecule is CNCc1nc(C(=O)NCc2ccc(F)cc2F)co1. The third-order valence-corrected chi connectivity index (χ3v) is 2.57. The fourth-order valence-electron chi connectivity index (χ4n) is 1.58. The van der Waals surface area contributed by atoms with Crippen molar-refractivity contribution in [3.8, 4) is 0 Å². The van der Waals surface area contributed by atoms with Gasteiger partial charge in [0.25, 0.3) is 5.91 Å². The molecule has 0 bridgehead atoms. The molecule has 106 valence electrons. The molecule has 0 aliphatic heterocycles. The normalized spacial score (nSPS) is 10.6. The molecule has 7 heteroatoms. The van der Waals surface area contributed by atoms with Crippen LogP contribution in [0.5, 0.6) is 0 Å². The predicted octanol–water partition coefficient (Wildman–Crippen LogP) is 1.60. The summed E-state index contributed by atoms with van der Waals surface area (Å²) in [5.74, 6) is -1.47. The zero-order chi connectivity index (χ0) is 14.5. The lowest BCUT2D eigenvalue weighted by molar-refractivity contribution is 0.0945. The van der Waals surface area contributed by atoms with Gasteiger partial charge in [0.15, 0.2) is 5.69 Å². The fourth-order valence-corrected chi connectivity index (χ4v) is 1.58. The predicted molar refractivity (Wildman–Crippen MR) is 66.8 cm³/mol. The number of halogens is 2. The summed E-state index contributed by atoms with van der Waals surface area (Å²) in [5, 5.41) is 5.32. The third-order valence-electron chi connectivity index (χ3n) is 2.57. The highest BCUT2D eigenvalue weighted by Gasteiger charge is 2.12. The highest BCUT2D eigenvalue weighted by molar-refractivity contribution is 5.91. The van der Waals surface area contributed by atoms with E-state index < -0.39 is 17.5 Å². The lowest BCUT2D eigenvalue weighted by Crippen LogP contribution is -2.23. The number of aromatic nitrogens is 1. The van der Waals surface area contributed by atoms with Gasteiger partial charge in [0, 0.05) is 18.2 Å². The van der Waals surface area contributed by atoms with Gasteiger partial charge in [-0.25, -0.2) is 13.8 Å². The van der Waals surface area contributed by atoms with E-state index in [1.54, 1.807) is 7.05 Å². The summed E-state index contributed by atoms with van der Waals surface area (Å²) in [5.41, 5.74) is 0.302. The maximum Gasteiger partial charge on any atom is 0.273 e. The molecule has 0 saturated carbocycles. The maximum absolute atomic E-state index is 13.4. The van der Waals surface area contributed by atoms with E-state index in [1.165, 1.54) is 12.3 Å². The number of nitrogens with zero attached hydrogens (tertiary/aromatic N) is 1. The number of carbonyl (C=O) groups is 1. The van der Waals surface area contributed by atoms with Crippen LogP contribution in [0.2, 0.25) is 0 Å². The van der Waals surface area contributed by atoms with Gasteiger partial charge in [0.2, 0.25) is 5.89 Å². The van der Waals surface area contributed by atoms with E-state index >= 15 is 0 Å². The molecule has 0 saturated heterocycles. The molecule has 2 aromatic rings. The van der Waals surface area contributed by atoms with Crippen LogP contribution in [0, 0.1) is 11.6 Å². The molecule has 0 fully saturated rings. The Morgan fingerprint density at radius 2 is 2.15 bits per heavy atom. The summed E-state index contributed by atoms with van der Waals surface area (Å²) in [4.78, 5) is 15.7. The van der Waals surface area contributed by atoms with Crippen LogP contribution in [0.1, 0.15) is 21.9 Å². The van der Waals surface area contributed by atoms with Gasteiger partial charge >= 0.3 is 0 Å². The zero-order valence-corrected chi connectivity index (χ0v) is 10.7. The molecule has 2 N–H and O–H groups in total. The highest BCUT2D eigenvalue weighted by Crippen LogP contribution is 2.09. The highest BCUT2D eigenvalue weighted by atomic mass is 19.1. The van der Waals surface area contributed by atoms with Gasteiger partial charge in [0.1, 0.15) is 17.9 Å². The molecule has 0 unspecified atom stereocenters. The Morgan fingerprint density at radius 1 is 1.35 bits per heavy atom. The molecule has 1 aromatic heterocycles. The first-order chi connectivity index (χ1) is 9.60. The van der Waals surface area contributed by atoms with Crippen molar-refractivity contribution < 1.29 is 18.0 Å². The van der Waals surface area contributed by atoms with Crippen LogP contribution in [-0.2, 0) is 13.1 Å². The summed E-state index contributed by atoms with van der Waals surface area (Å²) >= 11 is 0. The maximum atomic E-state index is 13.4. The first kappa shape index (κ1) is 14.1. The summed E-state index contributed by atoms with van der Waals surface area (Å²) in [6.45, 7) is 0.346. The number of amides is 1. The number of benzene rings is 1. The Labute approximate surface area is 114 Å². The van der Waals surface area contributed by atoms with Gasteiger partial charge < -0.3 is 15.1 Å². The van der Waals surface area contributed by atoms with Crippen molar-refractivity contribution in [2.24, 2.45) is 0 Å². The minimum absolute atomic E-state index is 0.0564. The van der Waals surface area contributed by atoms with Gasteiger partial charge in [-0.15, -0.1) is 0 Å². The van der Waals surface area contributed by atoms with E-state index in [0.717, 1.165) is 12.1 Å². The summed E-state index contributed by atoms with van der Waals surface area (Å²) in [7, 11) is 1.72. The molecule has 1 amide bonds. The number of oxazole rings is 1. The molecule has 20 heavy (non-hydrogen) atoms. The molecule has 2 rings (SSSR count). The van der Waals surface area contributed by atoms with Crippen LogP contribution >= 0.6 is 0 Å². The van der Waals surface area contributed by atoms with E-state index in [9.17, 15) is 13.6 Å². The molecule has 0 aliphatic carbocycles. The van der Waals surface area contributed by atoms with Crippen LogP contribution in [0.25, 0.3) is 0 Å². The molecule has 5 nitrogen and oxygen atoms in total. The second kappa shape index (κ2) is 6.25. The Balaban J connectivity index is 1.97. The number of carbonyl (C=O) groups excluding carboxylic acids is 1. The van der Waals surface area contributed by atoms with Crippen molar-refractivity contribution in [3.63, 3.8) is 0 Å². The van der Waals surface area contributed by atoms with E-state index in [1.807, 2.05) is 0 Å². The minimum Gasteiger partial charge on any atom is -0.447 e.